The van der Waals surface area contributed by atoms with Crippen LogP contribution in [0.4, 0.5) is 11.6 Å². The Bertz CT molecular complexity index is 459. The quantitative estimate of drug-likeness (QED) is 0.674. The van der Waals surface area contributed by atoms with Crippen molar-refractivity contribution in [3.05, 3.63) is 11.9 Å². The number of carbonyl (C=O) groups excluding carboxylic acids is 1. The van der Waals surface area contributed by atoms with Gasteiger partial charge < -0.3 is 16.0 Å². The molecule has 0 radical (unpaired) electrons. The van der Waals surface area contributed by atoms with E-state index in [1.165, 1.54) is 12.8 Å². The van der Waals surface area contributed by atoms with Crippen LogP contribution in [0.2, 0.25) is 0 Å². The minimum Gasteiger partial charge on any atom is -0.370 e. The second kappa shape index (κ2) is 7.07. The summed E-state index contributed by atoms with van der Waals surface area (Å²) in [6, 6.07) is 1.91. The Morgan fingerprint density at radius 2 is 1.90 bits per heavy atom. The Hall–Kier alpha value is -1.85. The van der Waals surface area contributed by atoms with Crippen LogP contribution < -0.4 is 16.0 Å². The normalized spacial score (nSPS) is 13.9. The van der Waals surface area contributed by atoms with Crippen molar-refractivity contribution in [1.29, 1.82) is 0 Å². The topological polar surface area (TPSA) is 78.9 Å². The molecule has 20 heavy (non-hydrogen) atoms. The third-order valence-electron chi connectivity index (χ3n) is 3.18. The van der Waals surface area contributed by atoms with E-state index < -0.39 is 0 Å². The molecule has 1 aromatic rings. The third-order valence-corrected chi connectivity index (χ3v) is 3.18. The summed E-state index contributed by atoms with van der Waals surface area (Å²) >= 11 is 0. The van der Waals surface area contributed by atoms with E-state index in [9.17, 15) is 4.79 Å². The first-order chi connectivity index (χ1) is 9.72. The van der Waals surface area contributed by atoms with Gasteiger partial charge in [-0.25, -0.2) is 9.97 Å². The Balaban J connectivity index is 1.98. The first-order valence-corrected chi connectivity index (χ1v) is 7.30. The van der Waals surface area contributed by atoms with E-state index in [0.717, 1.165) is 30.4 Å². The molecule has 0 saturated heterocycles. The predicted molar refractivity (Wildman–Crippen MR) is 80.0 cm³/mol. The highest BCUT2D eigenvalue weighted by Gasteiger charge is 2.27. The molecule has 0 aromatic carbocycles. The lowest BCUT2D eigenvalue weighted by atomic mass is 10.3. The molecule has 1 fully saturated rings. The van der Waals surface area contributed by atoms with Crippen molar-refractivity contribution in [3.63, 3.8) is 0 Å². The van der Waals surface area contributed by atoms with Crippen LogP contribution in [0.1, 0.15) is 44.3 Å². The van der Waals surface area contributed by atoms with Gasteiger partial charge >= 0.3 is 0 Å². The Kier molecular flexibility index (Phi) is 5.15. The highest BCUT2D eigenvalue weighted by Crippen LogP contribution is 2.38. The summed E-state index contributed by atoms with van der Waals surface area (Å²) in [4.78, 5) is 20.3. The van der Waals surface area contributed by atoms with E-state index in [2.05, 4.69) is 32.8 Å². The molecule has 2 rings (SSSR count). The van der Waals surface area contributed by atoms with E-state index in [-0.39, 0.29) is 5.91 Å². The van der Waals surface area contributed by atoms with Gasteiger partial charge in [-0.05, 0) is 19.3 Å². The average molecular weight is 277 g/mol. The van der Waals surface area contributed by atoms with Crippen LogP contribution in [-0.4, -0.2) is 36.0 Å². The van der Waals surface area contributed by atoms with Gasteiger partial charge in [0.05, 0.1) is 0 Å². The maximum atomic E-state index is 11.2. The number of hydrogen-bond acceptors (Lipinski definition) is 5. The van der Waals surface area contributed by atoms with Crippen molar-refractivity contribution in [2.24, 2.45) is 0 Å². The van der Waals surface area contributed by atoms with Gasteiger partial charge in [-0.3, -0.25) is 4.79 Å². The number of rotatable bonds is 8. The summed E-state index contributed by atoms with van der Waals surface area (Å²) in [5, 5.41) is 9.10. The van der Waals surface area contributed by atoms with Gasteiger partial charge in [0.25, 0.3) is 0 Å². The van der Waals surface area contributed by atoms with Gasteiger partial charge in [0.1, 0.15) is 17.5 Å². The predicted octanol–water partition coefficient (Wildman–Crippen LogP) is 1.72. The van der Waals surface area contributed by atoms with Gasteiger partial charge in [0, 0.05) is 38.5 Å². The first-order valence-electron chi connectivity index (χ1n) is 7.30. The van der Waals surface area contributed by atoms with Crippen molar-refractivity contribution in [3.8, 4) is 0 Å². The van der Waals surface area contributed by atoms with E-state index >= 15 is 0 Å². The molecule has 1 heterocycles. The lowest BCUT2D eigenvalue weighted by Gasteiger charge is -2.10. The molecule has 1 aromatic heterocycles. The number of nitrogens with one attached hydrogen (secondary N) is 3. The highest BCUT2D eigenvalue weighted by molar-refractivity contribution is 5.76. The molecule has 0 aliphatic heterocycles. The zero-order chi connectivity index (χ0) is 14.4. The molecule has 1 saturated carbocycles. The van der Waals surface area contributed by atoms with E-state index in [1.807, 2.05) is 6.07 Å². The fourth-order valence-corrected chi connectivity index (χ4v) is 1.85. The van der Waals surface area contributed by atoms with Gasteiger partial charge in [-0.1, -0.05) is 6.92 Å². The number of aromatic nitrogens is 2. The summed E-state index contributed by atoms with van der Waals surface area (Å²) in [5.41, 5.74) is 0. The summed E-state index contributed by atoms with van der Waals surface area (Å²) < 4.78 is 0. The number of hydrogen-bond donors (Lipinski definition) is 3. The van der Waals surface area contributed by atoms with Crippen LogP contribution in [0.25, 0.3) is 0 Å². The van der Waals surface area contributed by atoms with Crippen molar-refractivity contribution >= 4 is 17.5 Å². The molecular formula is C14H23N5O. The number of amides is 1. The highest BCUT2D eigenvalue weighted by atomic mass is 16.1. The van der Waals surface area contributed by atoms with Crippen LogP contribution in [0.3, 0.4) is 0 Å². The number of nitrogens with zero attached hydrogens (tertiary/aromatic N) is 2. The summed E-state index contributed by atoms with van der Waals surface area (Å²) in [6.07, 6.45) is 3.85. The molecule has 6 heteroatoms. The molecule has 0 atom stereocenters. The zero-order valence-corrected chi connectivity index (χ0v) is 12.2. The molecule has 6 nitrogen and oxygen atoms in total. The van der Waals surface area contributed by atoms with Crippen molar-refractivity contribution < 1.29 is 4.79 Å². The SMILES string of the molecule is CCCNc1cc(NCCC(=O)NC)nc(C2CC2)n1. The van der Waals surface area contributed by atoms with Gasteiger partial charge in [0.15, 0.2) is 0 Å². The second-order valence-electron chi connectivity index (χ2n) is 5.05. The van der Waals surface area contributed by atoms with Gasteiger partial charge in [-0.2, -0.15) is 0 Å². The minimum absolute atomic E-state index is 0.0262. The van der Waals surface area contributed by atoms with Crippen molar-refractivity contribution in [1.82, 2.24) is 15.3 Å². The summed E-state index contributed by atoms with van der Waals surface area (Å²) in [7, 11) is 1.64. The van der Waals surface area contributed by atoms with Gasteiger partial charge in [0.2, 0.25) is 5.91 Å². The van der Waals surface area contributed by atoms with E-state index in [4.69, 9.17) is 0 Å². The molecule has 1 aliphatic rings. The molecule has 0 unspecified atom stereocenters. The number of anilines is 2. The van der Waals surface area contributed by atoms with Crippen molar-refractivity contribution in [2.45, 2.75) is 38.5 Å². The summed E-state index contributed by atoms with van der Waals surface area (Å²) in [5.74, 6) is 3.11. The average Bonchev–Trinajstić information content (AvgIpc) is 3.29. The fourth-order valence-electron chi connectivity index (χ4n) is 1.85. The second-order valence-corrected chi connectivity index (χ2v) is 5.05. The Labute approximate surface area is 119 Å². The fraction of sp³-hybridized carbons (Fsp3) is 0.643. The van der Waals surface area contributed by atoms with E-state index in [0.29, 0.717) is 18.9 Å². The van der Waals surface area contributed by atoms with Crippen LogP contribution in [0.5, 0.6) is 0 Å². The lowest BCUT2D eigenvalue weighted by Crippen LogP contribution is -2.21. The van der Waals surface area contributed by atoms with Crippen LogP contribution in [0, 0.1) is 0 Å². The molecule has 0 spiro atoms. The Morgan fingerprint density at radius 3 is 2.45 bits per heavy atom. The maximum Gasteiger partial charge on any atom is 0.221 e. The molecule has 1 aliphatic carbocycles. The standard InChI is InChI=1S/C14H23N5O/c1-3-7-16-11-9-12(17-8-6-13(20)15-2)19-14(18-11)10-4-5-10/h9-10H,3-8H2,1-2H3,(H,15,20)(H2,16,17,18,19). The monoisotopic (exact) mass is 277 g/mol. The molecule has 1 amide bonds. The maximum absolute atomic E-state index is 11.2. The van der Waals surface area contributed by atoms with Crippen LogP contribution in [-0.2, 0) is 4.79 Å². The molecule has 110 valence electrons. The smallest absolute Gasteiger partial charge is 0.221 e. The minimum atomic E-state index is 0.0262. The lowest BCUT2D eigenvalue weighted by molar-refractivity contribution is -0.120. The Morgan fingerprint density at radius 1 is 1.25 bits per heavy atom. The zero-order valence-electron chi connectivity index (χ0n) is 12.2. The molecular weight excluding hydrogens is 254 g/mol. The van der Waals surface area contributed by atoms with Crippen LogP contribution >= 0.6 is 0 Å². The molecule has 0 bridgehead atoms. The van der Waals surface area contributed by atoms with Crippen LogP contribution in [0.15, 0.2) is 6.07 Å². The first kappa shape index (κ1) is 14.6. The molecule has 3 N–H and O–H groups in total. The van der Waals surface area contributed by atoms with Crippen molar-refractivity contribution in [2.75, 3.05) is 30.8 Å². The van der Waals surface area contributed by atoms with E-state index in [1.54, 1.807) is 7.05 Å². The third kappa shape index (κ3) is 4.36. The largest absolute Gasteiger partial charge is 0.370 e. The summed E-state index contributed by atoms with van der Waals surface area (Å²) in [6.45, 7) is 3.60. The van der Waals surface area contributed by atoms with Gasteiger partial charge in [-0.15, -0.1) is 0 Å². The number of carbonyl (C=O) groups is 1.